The van der Waals surface area contributed by atoms with E-state index in [1.807, 2.05) is 0 Å². The van der Waals surface area contributed by atoms with E-state index in [-0.39, 0.29) is 0 Å². The van der Waals surface area contributed by atoms with Crippen molar-refractivity contribution in [1.82, 2.24) is 4.57 Å². The van der Waals surface area contributed by atoms with Crippen LogP contribution in [0.15, 0.2) is 315 Å². The van der Waals surface area contributed by atoms with Crippen LogP contribution in [0.2, 0.25) is 0 Å². The summed E-state index contributed by atoms with van der Waals surface area (Å²) in [5, 5.41) is 12.9. The number of hydrogen-bond acceptors (Lipinski definition) is 1. The number of aromatic nitrogens is 1. The van der Waals surface area contributed by atoms with Gasteiger partial charge >= 0.3 is 0 Å². The molecule has 14 aromatic rings. The Hall–Kier alpha value is -9.80. The Morgan fingerprint density at radius 2 is 0.675 bits per heavy atom. The minimum absolute atomic E-state index is 1.09. The third-order valence-corrected chi connectivity index (χ3v) is 20.5. The summed E-state index contributed by atoms with van der Waals surface area (Å²) in [6.07, 6.45) is 0. The van der Waals surface area contributed by atoms with E-state index in [1.165, 1.54) is 91.9 Å². The molecular weight excluding hydrogens is 945 g/mol. The highest BCUT2D eigenvalue weighted by atomic mass is 28.3. The van der Waals surface area contributed by atoms with Crippen LogP contribution in [0.5, 0.6) is 0 Å². The monoisotopic (exact) mass is 996 g/mol. The zero-order valence-corrected chi connectivity index (χ0v) is 43.4. The SMILES string of the molecule is c1ccc([Si](c2ccccc2)(c2ccccc2)c2ccc(N(c3ccc(-c4ccc(-c5cccc6c5c5ccccc5n6-c5ccc6ccccc6c5)cc4)cc3)c3ccc(-c4cccc5ccccc45)cc3)cc2)cc1. The summed E-state index contributed by atoms with van der Waals surface area (Å²) in [6, 6.07) is 116. The first-order valence-electron chi connectivity index (χ1n) is 26.6. The smallest absolute Gasteiger partial charge is 0.179 e. The summed E-state index contributed by atoms with van der Waals surface area (Å²) in [7, 11) is -2.72. The first kappa shape index (κ1) is 45.8. The molecule has 0 spiro atoms. The molecule has 1 aromatic heterocycles. The van der Waals surface area contributed by atoms with Gasteiger partial charge in [-0.15, -0.1) is 0 Å². The highest BCUT2D eigenvalue weighted by Crippen LogP contribution is 2.41. The van der Waals surface area contributed by atoms with Crippen LogP contribution in [0.4, 0.5) is 17.1 Å². The molecular formula is C74H52N2Si. The third-order valence-electron chi connectivity index (χ3n) is 15.7. The van der Waals surface area contributed by atoms with Gasteiger partial charge in [0.15, 0.2) is 8.07 Å². The number of fused-ring (bicyclic) bond motifs is 5. The number of para-hydroxylation sites is 1. The summed E-state index contributed by atoms with van der Waals surface area (Å²) < 4.78 is 2.42. The Balaban J connectivity index is 0.841. The first-order valence-corrected chi connectivity index (χ1v) is 28.6. The molecule has 2 nitrogen and oxygen atoms in total. The number of nitrogens with zero attached hydrogens (tertiary/aromatic N) is 2. The van der Waals surface area contributed by atoms with Crippen molar-refractivity contribution in [2.45, 2.75) is 0 Å². The lowest BCUT2D eigenvalue weighted by molar-refractivity contribution is 1.19. The lowest BCUT2D eigenvalue weighted by Crippen LogP contribution is -2.74. The Morgan fingerprint density at radius 3 is 1.30 bits per heavy atom. The maximum absolute atomic E-state index is 2.72. The average Bonchev–Trinajstić information content (AvgIpc) is 3.96. The fraction of sp³-hybridized carbons (Fsp3) is 0. The van der Waals surface area contributed by atoms with Crippen molar-refractivity contribution in [3.8, 4) is 39.1 Å². The van der Waals surface area contributed by atoms with Crippen LogP contribution in [0.25, 0.3) is 82.4 Å². The van der Waals surface area contributed by atoms with Gasteiger partial charge in [0.1, 0.15) is 0 Å². The van der Waals surface area contributed by atoms with Gasteiger partial charge in [-0.05, 0) is 136 Å². The predicted octanol–water partition coefficient (Wildman–Crippen LogP) is 16.9. The number of rotatable bonds is 11. The van der Waals surface area contributed by atoms with Crippen molar-refractivity contribution < 1.29 is 0 Å². The van der Waals surface area contributed by atoms with Crippen LogP contribution < -0.4 is 25.6 Å². The Morgan fingerprint density at radius 1 is 0.260 bits per heavy atom. The van der Waals surface area contributed by atoms with Crippen molar-refractivity contribution in [3.05, 3.63) is 315 Å². The van der Waals surface area contributed by atoms with Gasteiger partial charge < -0.3 is 9.47 Å². The van der Waals surface area contributed by atoms with E-state index < -0.39 is 8.07 Å². The average molecular weight is 997 g/mol. The van der Waals surface area contributed by atoms with Gasteiger partial charge in [-0.2, -0.15) is 0 Å². The van der Waals surface area contributed by atoms with Gasteiger partial charge in [0.25, 0.3) is 0 Å². The van der Waals surface area contributed by atoms with Crippen LogP contribution >= 0.6 is 0 Å². The maximum atomic E-state index is 2.42. The molecule has 0 aliphatic heterocycles. The second-order valence-corrected chi connectivity index (χ2v) is 23.8. The van der Waals surface area contributed by atoms with Gasteiger partial charge in [-0.1, -0.05) is 255 Å². The van der Waals surface area contributed by atoms with Gasteiger partial charge in [0.05, 0.1) is 11.0 Å². The highest BCUT2D eigenvalue weighted by Gasteiger charge is 2.41. The van der Waals surface area contributed by atoms with E-state index >= 15 is 0 Å². The summed E-state index contributed by atoms with van der Waals surface area (Å²) in [5.41, 5.74) is 14.0. The Kier molecular flexibility index (Phi) is 11.6. The van der Waals surface area contributed by atoms with Crippen LogP contribution in [0, 0.1) is 0 Å². The molecule has 0 atom stereocenters. The fourth-order valence-corrected chi connectivity index (χ4v) is 16.9. The third kappa shape index (κ3) is 8.04. The second kappa shape index (κ2) is 19.5. The van der Waals surface area contributed by atoms with E-state index in [1.54, 1.807) is 0 Å². The van der Waals surface area contributed by atoms with Crippen molar-refractivity contribution in [1.29, 1.82) is 0 Å². The zero-order valence-electron chi connectivity index (χ0n) is 42.4. The fourth-order valence-electron chi connectivity index (χ4n) is 12.1. The lowest BCUT2D eigenvalue weighted by atomic mass is 9.96. The summed E-state index contributed by atoms with van der Waals surface area (Å²) in [4.78, 5) is 2.40. The molecule has 0 fully saturated rings. The molecule has 13 aromatic carbocycles. The van der Waals surface area contributed by atoms with E-state index in [2.05, 4.69) is 325 Å². The van der Waals surface area contributed by atoms with E-state index in [0.29, 0.717) is 0 Å². The molecule has 0 bridgehead atoms. The van der Waals surface area contributed by atoms with Gasteiger partial charge in [-0.25, -0.2) is 0 Å². The van der Waals surface area contributed by atoms with Crippen LogP contribution in [-0.2, 0) is 0 Å². The van der Waals surface area contributed by atoms with Crippen LogP contribution in [0.3, 0.4) is 0 Å². The standard InChI is InChI=1S/C74H52N2Si/c1-4-22-64(23-5-1)77(65-24-6-2-7-25-65,66-26-8-3-9-27-66)67-50-48-62(49-51-67)75(61-45-41-57(42-46-61)69-30-16-21-56-19-12-13-28-68(56)69)60-43-38-55(39-44-60)54-34-36-58(37-35-54)70-31-17-33-73-74(70)71-29-14-15-32-72(71)76(73)63-47-40-53-18-10-11-20-59(53)52-63/h1-52H. The van der Waals surface area contributed by atoms with E-state index in [9.17, 15) is 0 Å². The van der Waals surface area contributed by atoms with Crippen molar-refractivity contribution in [2.75, 3.05) is 4.90 Å². The summed E-state index contributed by atoms with van der Waals surface area (Å²) >= 11 is 0. The van der Waals surface area contributed by atoms with Gasteiger partial charge in [0, 0.05) is 33.5 Å². The van der Waals surface area contributed by atoms with Crippen LogP contribution in [0.1, 0.15) is 0 Å². The minimum Gasteiger partial charge on any atom is -0.311 e. The quantitative estimate of drug-likeness (QED) is 0.0926. The number of hydrogen-bond donors (Lipinski definition) is 0. The van der Waals surface area contributed by atoms with Gasteiger partial charge in [-0.3, -0.25) is 0 Å². The normalized spacial score (nSPS) is 11.6. The summed E-state index contributed by atoms with van der Waals surface area (Å²) in [6.45, 7) is 0. The number of anilines is 3. The van der Waals surface area contributed by atoms with Crippen molar-refractivity contribution in [2.24, 2.45) is 0 Å². The molecule has 1 heterocycles. The van der Waals surface area contributed by atoms with Crippen LogP contribution in [-0.4, -0.2) is 12.6 Å². The topological polar surface area (TPSA) is 8.17 Å². The van der Waals surface area contributed by atoms with E-state index in [0.717, 1.165) is 28.3 Å². The number of benzene rings is 13. The minimum atomic E-state index is -2.72. The molecule has 14 rings (SSSR count). The van der Waals surface area contributed by atoms with Crippen molar-refractivity contribution in [3.63, 3.8) is 0 Å². The molecule has 0 saturated carbocycles. The van der Waals surface area contributed by atoms with Gasteiger partial charge in [0.2, 0.25) is 0 Å². The highest BCUT2D eigenvalue weighted by molar-refractivity contribution is 7.19. The molecule has 0 saturated heterocycles. The molecule has 0 amide bonds. The largest absolute Gasteiger partial charge is 0.311 e. The van der Waals surface area contributed by atoms with E-state index in [4.69, 9.17) is 0 Å². The molecule has 3 heteroatoms. The molecule has 0 aliphatic carbocycles. The molecule has 0 unspecified atom stereocenters. The molecule has 77 heavy (non-hydrogen) atoms. The maximum Gasteiger partial charge on any atom is 0.179 e. The summed E-state index contributed by atoms with van der Waals surface area (Å²) in [5.74, 6) is 0. The Bertz CT molecular complexity index is 4290. The molecule has 0 radical (unpaired) electrons. The Labute approximate surface area is 450 Å². The predicted molar refractivity (Wildman–Crippen MR) is 330 cm³/mol. The lowest BCUT2D eigenvalue weighted by Gasteiger charge is -2.35. The zero-order chi connectivity index (χ0) is 51.1. The molecule has 0 aliphatic rings. The first-order chi connectivity index (χ1) is 38.2. The molecule has 362 valence electrons. The molecule has 0 N–H and O–H groups in total. The second-order valence-electron chi connectivity index (χ2n) is 20.0. The van der Waals surface area contributed by atoms with Crippen molar-refractivity contribution >= 4 is 89.2 Å².